The van der Waals surface area contributed by atoms with Crippen LogP contribution < -0.4 is 0 Å². The first-order valence-electron chi connectivity index (χ1n) is 9.28. The molecule has 0 aromatic rings. The molecule has 142 valence electrons. The van der Waals surface area contributed by atoms with Gasteiger partial charge >= 0.3 is 13.2 Å². The van der Waals surface area contributed by atoms with Crippen molar-refractivity contribution in [2.45, 2.75) is 77.0 Å². The van der Waals surface area contributed by atoms with Gasteiger partial charge in [-0.05, 0) is 54.9 Å². The van der Waals surface area contributed by atoms with Crippen molar-refractivity contribution < 1.29 is 23.6 Å². The molecule has 1 amide bonds. The normalized spacial score (nSPS) is 34.1. The van der Waals surface area contributed by atoms with Gasteiger partial charge in [-0.3, -0.25) is 0 Å². The maximum atomic E-state index is 12.6. The molecular formula is C18H32BNO5. The highest BCUT2D eigenvalue weighted by atomic mass is 16.7. The van der Waals surface area contributed by atoms with Crippen molar-refractivity contribution in [1.29, 1.82) is 0 Å². The molecule has 3 fully saturated rings. The van der Waals surface area contributed by atoms with Crippen LogP contribution in [0.3, 0.4) is 0 Å². The molecule has 0 aliphatic carbocycles. The third-order valence-corrected chi connectivity index (χ3v) is 6.14. The molecule has 3 aliphatic heterocycles. The first-order chi connectivity index (χ1) is 11.4. The standard InChI is InChI=1S/C18H32BNO5/c1-15(2,3)23-14(21)20-10-13-11-22-9-8-18(13,12-20)19-24-16(4,5)17(6,7)25-19/h13H,8-12H2,1-7H3. The summed E-state index contributed by atoms with van der Waals surface area (Å²) < 4.78 is 24.1. The first kappa shape index (κ1) is 19.0. The molecule has 0 aromatic carbocycles. The fraction of sp³-hybridized carbons (Fsp3) is 0.944. The predicted octanol–water partition coefficient (Wildman–Crippen LogP) is 3.11. The van der Waals surface area contributed by atoms with E-state index in [9.17, 15) is 4.79 Å². The molecule has 25 heavy (non-hydrogen) atoms. The Labute approximate surface area is 151 Å². The van der Waals surface area contributed by atoms with Crippen molar-refractivity contribution in [3.05, 3.63) is 0 Å². The monoisotopic (exact) mass is 353 g/mol. The van der Waals surface area contributed by atoms with E-state index in [2.05, 4.69) is 27.7 Å². The van der Waals surface area contributed by atoms with Gasteiger partial charge in [0.1, 0.15) is 5.60 Å². The fourth-order valence-corrected chi connectivity index (χ4v) is 3.91. The van der Waals surface area contributed by atoms with E-state index < -0.39 is 5.60 Å². The van der Waals surface area contributed by atoms with Crippen LogP contribution in [0.25, 0.3) is 0 Å². The Hall–Kier alpha value is -0.785. The molecule has 3 heterocycles. The maximum Gasteiger partial charge on any atom is 0.466 e. The van der Waals surface area contributed by atoms with Gasteiger partial charge in [0.05, 0.1) is 17.8 Å². The summed E-state index contributed by atoms with van der Waals surface area (Å²) >= 11 is 0. The highest BCUT2D eigenvalue weighted by Crippen LogP contribution is 2.56. The molecule has 0 radical (unpaired) electrons. The van der Waals surface area contributed by atoms with Crippen molar-refractivity contribution in [3.63, 3.8) is 0 Å². The van der Waals surface area contributed by atoms with E-state index in [4.69, 9.17) is 18.8 Å². The van der Waals surface area contributed by atoms with Crippen molar-refractivity contribution >= 4 is 13.2 Å². The molecule has 0 aromatic heterocycles. The fourth-order valence-electron chi connectivity index (χ4n) is 3.91. The van der Waals surface area contributed by atoms with Crippen LogP contribution in [0.1, 0.15) is 54.9 Å². The maximum absolute atomic E-state index is 12.6. The van der Waals surface area contributed by atoms with E-state index in [1.807, 2.05) is 20.8 Å². The lowest BCUT2D eigenvalue weighted by atomic mass is 9.50. The van der Waals surface area contributed by atoms with Crippen LogP contribution in [0.5, 0.6) is 0 Å². The van der Waals surface area contributed by atoms with Crippen LogP contribution in [-0.2, 0) is 18.8 Å². The van der Waals surface area contributed by atoms with Crippen LogP contribution in [0.4, 0.5) is 4.79 Å². The average Bonchev–Trinajstić information content (AvgIpc) is 2.94. The Bertz CT molecular complexity index is 528. The molecule has 2 unspecified atom stereocenters. The number of fused-ring (bicyclic) bond motifs is 1. The van der Waals surface area contributed by atoms with Crippen molar-refractivity contribution in [3.8, 4) is 0 Å². The van der Waals surface area contributed by atoms with Gasteiger partial charge in [-0.25, -0.2) is 4.79 Å². The Morgan fingerprint density at radius 2 is 1.76 bits per heavy atom. The summed E-state index contributed by atoms with van der Waals surface area (Å²) in [6.07, 6.45) is 0.561. The molecule has 0 bridgehead atoms. The van der Waals surface area contributed by atoms with Gasteiger partial charge in [-0.2, -0.15) is 0 Å². The molecule has 3 rings (SSSR count). The number of hydrogen-bond acceptors (Lipinski definition) is 5. The first-order valence-corrected chi connectivity index (χ1v) is 9.28. The van der Waals surface area contributed by atoms with Gasteiger partial charge in [0, 0.05) is 30.9 Å². The minimum Gasteiger partial charge on any atom is -0.444 e. The molecule has 7 heteroatoms. The Balaban J connectivity index is 1.82. The molecule has 3 aliphatic rings. The van der Waals surface area contributed by atoms with Crippen LogP contribution in [-0.4, -0.2) is 61.2 Å². The van der Waals surface area contributed by atoms with Gasteiger partial charge < -0.3 is 23.7 Å². The zero-order chi connectivity index (χ0) is 18.7. The van der Waals surface area contributed by atoms with Gasteiger partial charge in [-0.15, -0.1) is 0 Å². The number of carbonyl (C=O) groups excluding carboxylic acids is 1. The van der Waals surface area contributed by atoms with E-state index in [0.717, 1.165) is 6.42 Å². The lowest BCUT2D eigenvalue weighted by Crippen LogP contribution is -2.46. The third kappa shape index (κ3) is 3.31. The van der Waals surface area contributed by atoms with Crippen molar-refractivity contribution in [2.24, 2.45) is 5.92 Å². The topological polar surface area (TPSA) is 57.2 Å². The summed E-state index contributed by atoms with van der Waals surface area (Å²) in [5.41, 5.74) is -1.26. The van der Waals surface area contributed by atoms with Crippen LogP contribution in [0.2, 0.25) is 5.31 Å². The second kappa shape index (κ2) is 5.86. The molecule has 0 saturated carbocycles. The summed E-state index contributed by atoms with van der Waals surface area (Å²) in [4.78, 5) is 14.4. The molecule has 6 nitrogen and oxygen atoms in total. The molecule has 0 spiro atoms. The van der Waals surface area contributed by atoms with E-state index in [1.54, 1.807) is 4.90 Å². The predicted molar refractivity (Wildman–Crippen MR) is 95.5 cm³/mol. The lowest BCUT2D eigenvalue weighted by Gasteiger charge is -2.39. The SMILES string of the molecule is CC(C)(C)OC(=O)N1CC2COCCC2(B2OC(C)(C)C(C)(C)O2)C1. The number of likely N-dealkylation sites (tertiary alicyclic amines) is 1. The summed E-state index contributed by atoms with van der Waals surface area (Å²) in [6.45, 7) is 16.5. The zero-order valence-electron chi connectivity index (χ0n) is 16.7. The summed E-state index contributed by atoms with van der Waals surface area (Å²) in [6, 6.07) is 0. The molecule has 2 atom stereocenters. The summed E-state index contributed by atoms with van der Waals surface area (Å²) in [5, 5.41) is -0.236. The second-order valence-corrected chi connectivity index (χ2v) is 9.70. The van der Waals surface area contributed by atoms with Crippen LogP contribution in [0.15, 0.2) is 0 Å². The minimum absolute atomic E-state index is 0.198. The van der Waals surface area contributed by atoms with E-state index in [0.29, 0.717) is 26.3 Å². The molecule has 0 N–H and O–H groups in total. The third-order valence-electron chi connectivity index (χ3n) is 6.14. The van der Waals surface area contributed by atoms with E-state index in [1.165, 1.54) is 0 Å². The Morgan fingerprint density at radius 1 is 1.16 bits per heavy atom. The Morgan fingerprint density at radius 3 is 2.32 bits per heavy atom. The van der Waals surface area contributed by atoms with Crippen LogP contribution >= 0.6 is 0 Å². The highest BCUT2D eigenvalue weighted by Gasteiger charge is 2.65. The number of hydrogen-bond donors (Lipinski definition) is 0. The number of amides is 1. The smallest absolute Gasteiger partial charge is 0.444 e. The van der Waals surface area contributed by atoms with E-state index in [-0.39, 0.29) is 35.6 Å². The average molecular weight is 353 g/mol. The lowest BCUT2D eigenvalue weighted by molar-refractivity contribution is 0.00578. The van der Waals surface area contributed by atoms with Gasteiger partial charge in [0.15, 0.2) is 0 Å². The number of nitrogens with zero attached hydrogens (tertiary/aromatic N) is 1. The number of rotatable bonds is 1. The Kier molecular flexibility index (Phi) is 4.45. The van der Waals surface area contributed by atoms with Crippen molar-refractivity contribution in [2.75, 3.05) is 26.3 Å². The van der Waals surface area contributed by atoms with Crippen molar-refractivity contribution in [1.82, 2.24) is 4.90 Å². The second-order valence-electron chi connectivity index (χ2n) is 9.70. The zero-order valence-corrected chi connectivity index (χ0v) is 16.7. The summed E-state index contributed by atoms with van der Waals surface area (Å²) in [7, 11) is -0.334. The van der Waals surface area contributed by atoms with Gasteiger partial charge in [0.25, 0.3) is 0 Å². The minimum atomic E-state index is -0.501. The van der Waals surface area contributed by atoms with Gasteiger partial charge in [0.2, 0.25) is 0 Å². The molecular weight excluding hydrogens is 321 g/mol. The number of ether oxygens (including phenoxy) is 2. The van der Waals surface area contributed by atoms with E-state index >= 15 is 0 Å². The van der Waals surface area contributed by atoms with Crippen LogP contribution in [0, 0.1) is 5.92 Å². The van der Waals surface area contributed by atoms with Gasteiger partial charge in [-0.1, -0.05) is 0 Å². The largest absolute Gasteiger partial charge is 0.466 e. The number of carbonyl (C=O) groups is 1. The highest BCUT2D eigenvalue weighted by molar-refractivity contribution is 6.50. The summed E-state index contributed by atoms with van der Waals surface area (Å²) in [5.74, 6) is 0.198. The molecule has 3 saturated heterocycles. The quantitative estimate of drug-likeness (QED) is 0.678.